The van der Waals surface area contributed by atoms with Gasteiger partial charge >= 0.3 is 0 Å². The number of rotatable bonds is 6. The Kier molecular flexibility index (Phi) is 7.52. The Morgan fingerprint density at radius 3 is 2.86 bits per heavy atom. The minimum absolute atomic E-state index is 0.172. The highest BCUT2D eigenvalue weighted by molar-refractivity contribution is 6.42. The molecule has 0 aliphatic carbocycles. The highest BCUT2D eigenvalue weighted by atomic mass is 35.5. The molecule has 1 aromatic heterocycles. The predicted octanol–water partition coefficient (Wildman–Crippen LogP) is 4.29. The maximum atomic E-state index is 6.03. The molecule has 0 saturated carbocycles. The molecule has 1 fully saturated rings. The van der Waals surface area contributed by atoms with Gasteiger partial charge in [0.2, 0.25) is 5.96 Å². The maximum absolute atomic E-state index is 6.03. The summed E-state index contributed by atoms with van der Waals surface area (Å²) in [5, 5.41) is 7.32. The number of hydrogen-bond donors (Lipinski definition) is 3. The minimum atomic E-state index is 0.172. The zero-order valence-electron chi connectivity index (χ0n) is 16.8. The van der Waals surface area contributed by atoms with Gasteiger partial charge in [-0.25, -0.2) is 4.98 Å². The van der Waals surface area contributed by atoms with E-state index in [0.717, 1.165) is 31.1 Å². The standard InChI is InChI=1S/C20H27Cl2N7/c1-3-29-8-4-5-14(12-29)11-24-18-9-13(2)25-20(27-18)28-19(23)26-15-6-7-16(21)17(22)10-15/h6-7,9-10,14H,3-5,8,11-12H2,1-2H3,(H4,23,24,25,26,27,28). The summed E-state index contributed by atoms with van der Waals surface area (Å²) in [5.74, 6) is 1.85. The van der Waals surface area contributed by atoms with Crippen LogP contribution < -0.4 is 16.4 Å². The Balaban J connectivity index is 1.64. The zero-order valence-corrected chi connectivity index (χ0v) is 18.3. The van der Waals surface area contributed by atoms with Crippen molar-refractivity contribution in [1.29, 1.82) is 0 Å². The topological polar surface area (TPSA) is 91.5 Å². The van der Waals surface area contributed by atoms with Crippen LogP contribution in [0, 0.1) is 12.8 Å². The fourth-order valence-electron chi connectivity index (χ4n) is 3.40. The lowest BCUT2D eigenvalue weighted by Crippen LogP contribution is -2.37. The molecule has 4 N–H and O–H groups in total. The van der Waals surface area contributed by atoms with Crippen LogP contribution in [0.1, 0.15) is 25.5 Å². The number of halogens is 2. The smallest absolute Gasteiger partial charge is 0.254 e. The molecular formula is C20H27Cl2N7. The van der Waals surface area contributed by atoms with Crippen molar-refractivity contribution < 1.29 is 0 Å². The van der Waals surface area contributed by atoms with Crippen LogP contribution in [-0.2, 0) is 0 Å². The van der Waals surface area contributed by atoms with E-state index in [1.54, 1.807) is 18.2 Å². The Morgan fingerprint density at radius 1 is 1.28 bits per heavy atom. The molecule has 0 spiro atoms. The lowest BCUT2D eigenvalue weighted by atomic mass is 9.98. The van der Waals surface area contributed by atoms with Crippen LogP contribution in [0.15, 0.2) is 29.3 Å². The van der Waals surface area contributed by atoms with Gasteiger partial charge in [-0.15, -0.1) is 0 Å². The van der Waals surface area contributed by atoms with Gasteiger partial charge in [0.15, 0.2) is 0 Å². The van der Waals surface area contributed by atoms with E-state index in [4.69, 9.17) is 28.9 Å². The molecule has 1 aliphatic heterocycles. The molecule has 1 aliphatic rings. The van der Waals surface area contributed by atoms with E-state index in [9.17, 15) is 0 Å². The molecule has 1 unspecified atom stereocenters. The van der Waals surface area contributed by atoms with Crippen LogP contribution in [0.4, 0.5) is 17.5 Å². The summed E-state index contributed by atoms with van der Waals surface area (Å²) in [6.07, 6.45) is 2.48. The number of guanidine groups is 1. The van der Waals surface area contributed by atoms with Crippen molar-refractivity contribution >= 4 is 46.6 Å². The fraction of sp³-hybridized carbons (Fsp3) is 0.450. The summed E-state index contributed by atoms with van der Waals surface area (Å²) in [5.41, 5.74) is 7.51. The number of hydrogen-bond acceptors (Lipinski definition) is 5. The van der Waals surface area contributed by atoms with Crippen LogP contribution >= 0.6 is 23.2 Å². The fourth-order valence-corrected chi connectivity index (χ4v) is 3.70. The third kappa shape index (κ3) is 6.45. The van der Waals surface area contributed by atoms with E-state index in [0.29, 0.717) is 27.6 Å². The zero-order chi connectivity index (χ0) is 20.8. The Hall–Kier alpha value is -2.09. The molecule has 156 valence electrons. The third-order valence-electron chi connectivity index (χ3n) is 4.88. The van der Waals surface area contributed by atoms with Gasteiger partial charge in [0.25, 0.3) is 5.95 Å². The van der Waals surface area contributed by atoms with Gasteiger partial charge in [-0.1, -0.05) is 30.1 Å². The van der Waals surface area contributed by atoms with E-state index in [1.807, 2.05) is 13.0 Å². The number of anilines is 2. The third-order valence-corrected chi connectivity index (χ3v) is 5.62. The molecule has 0 bridgehead atoms. The Labute approximate surface area is 181 Å². The normalized spacial score (nSPS) is 17.9. The number of nitrogens with two attached hydrogens (primary N) is 1. The number of likely N-dealkylation sites (tertiary alicyclic amines) is 1. The molecule has 7 nitrogen and oxygen atoms in total. The second-order valence-corrected chi connectivity index (χ2v) is 8.04. The summed E-state index contributed by atoms with van der Waals surface area (Å²) < 4.78 is 0. The minimum Gasteiger partial charge on any atom is -0.370 e. The van der Waals surface area contributed by atoms with Crippen molar-refractivity contribution in [3.8, 4) is 0 Å². The number of nitrogens with zero attached hydrogens (tertiary/aromatic N) is 4. The summed E-state index contributed by atoms with van der Waals surface area (Å²) in [6.45, 7) is 8.43. The number of aryl methyl sites for hydroxylation is 1. The average molecular weight is 436 g/mol. The highest BCUT2D eigenvalue weighted by Crippen LogP contribution is 2.25. The van der Waals surface area contributed by atoms with Crippen molar-refractivity contribution in [2.24, 2.45) is 16.6 Å². The number of aliphatic imine (C=N–C) groups is 1. The average Bonchev–Trinajstić information content (AvgIpc) is 2.69. The summed E-state index contributed by atoms with van der Waals surface area (Å²) in [4.78, 5) is 15.6. The van der Waals surface area contributed by atoms with Crippen LogP contribution in [0.5, 0.6) is 0 Å². The van der Waals surface area contributed by atoms with E-state index in [1.165, 1.54) is 19.4 Å². The second kappa shape index (κ2) is 10.1. The van der Waals surface area contributed by atoms with Crippen LogP contribution in [0.25, 0.3) is 0 Å². The lowest BCUT2D eigenvalue weighted by Gasteiger charge is -2.31. The number of aromatic nitrogens is 2. The molecule has 9 heteroatoms. The van der Waals surface area contributed by atoms with Crippen molar-refractivity contribution in [1.82, 2.24) is 14.9 Å². The summed E-state index contributed by atoms with van der Waals surface area (Å²) >= 11 is 12.0. The highest BCUT2D eigenvalue weighted by Gasteiger charge is 2.18. The van der Waals surface area contributed by atoms with Gasteiger partial charge < -0.3 is 21.3 Å². The van der Waals surface area contributed by atoms with Crippen LogP contribution in [0.2, 0.25) is 10.0 Å². The van der Waals surface area contributed by atoms with Gasteiger partial charge in [0.05, 0.1) is 10.0 Å². The van der Waals surface area contributed by atoms with Crippen LogP contribution in [0.3, 0.4) is 0 Å². The molecule has 2 heterocycles. The molecule has 1 saturated heterocycles. The largest absolute Gasteiger partial charge is 0.370 e. The molecule has 1 aromatic carbocycles. The molecule has 3 rings (SSSR count). The number of benzene rings is 1. The van der Waals surface area contributed by atoms with Gasteiger partial charge in [-0.05, 0) is 57.0 Å². The van der Waals surface area contributed by atoms with E-state index in [-0.39, 0.29) is 5.96 Å². The van der Waals surface area contributed by atoms with Crippen molar-refractivity contribution in [2.75, 3.05) is 36.8 Å². The predicted molar refractivity (Wildman–Crippen MR) is 121 cm³/mol. The lowest BCUT2D eigenvalue weighted by molar-refractivity contribution is 0.189. The van der Waals surface area contributed by atoms with Gasteiger partial charge in [-0.2, -0.15) is 9.98 Å². The van der Waals surface area contributed by atoms with Crippen LogP contribution in [-0.4, -0.2) is 47.0 Å². The quantitative estimate of drug-likeness (QED) is 0.462. The van der Waals surface area contributed by atoms with Gasteiger partial charge in [0.1, 0.15) is 5.82 Å². The van der Waals surface area contributed by atoms with E-state index >= 15 is 0 Å². The first-order valence-electron chi connectivity index (χ1n) is 9.81. The van der Waals surface area contributed by atoms with Gasteiger partial charge in [-0.3, -0.25) is 0 Å². The summed E-state index contributed by atoms with van der Waals surface area (Å²) in [6, 6.07) is 7.06. The Bertz CT molecular complexity index is 872. The SMILES string of the molecule is CCN1CCCC(CNc2cc(C)nc(N=C(N)Nc3ccc(Cl)c(Cl)c3)n2)C1. The van der Waals surface area contributed by atoms with Crippen molar-refractivity contribution in [3.05, 3.63) is 40.0 Å². The first-order valence-corrected chi connectivity index (χ1v) is 10.6. The van der Waals surface area contributed by atoms with Crippen molar-refractivity contribution in [2.45, 2.75) is 26.7 Å². The molecule has 0 amide bonds. The Morgan fingerprint density at radius 2 is 2.10 bits per heavy atom. The molecular weight excluding hydrogens is 409 g/mol. The first-order chi connectivity index (χ1) is 13.9. The van der Waals surface area contributed by atoms with Gasteiger partial charge in [0, 0.05) is 30.5 Å². The van der Waals surface area contributed by atoms with Crippen molar-refractivity contribution in [3.63, 3.8) is 0 Å². The number of piperidine rings is 1. The van der Waals surface area contributed by atoms with E-state index < -0.39 is 0 Å². The molecule has 1 atom stereocenters. The second-order valence-electron chi connectivity index (χ2n) is 7.23. The van der Waals surface area contributed by atoms with E-state index in [2.05, 4.69) is 37.4 Å². The number of nitrogens with one attached hydrogen (secondary N) is 2. The maximum Gasteiger partial charge on any atom is 0.254 e. The molecule has 2 aromatic rings. The molecule has 0 radical (unpaired) electrons. The first kappa shape index (κ1) is 21.6. The monoisotopic (exact) mass is 435 g/mol. The molecule has 29 heavy (non-hydrogen) atoms. The summed E-state index contributed by atoms with van der Waals surface area (Å²) in [7, 11) is 0.